The highest BCUT2D eigenvalue weighted by Crippen LogP contribution is 2.26. The lowest BCUT2D eigenvalue weighted by atomic mass is 10.1. The molecule has 0 atom stereocenters. The first kappa shape index (κ1) is 12.8. The van der Waals surface area contributed by atoms with Gasteiger partial charge in [0.15, 0.2) is 0 Å². The molecular weight excluding hydrogens is 244 g/mol. The van der Waals surface area contributed by atoms with Gasteiger partial charge in [-0.25, -0.2) is 14.8 Å². The van der Waals surface area contributed by atoms with E-state index in [-0.39, 0.29) is 0 Å². The van der Waals surface area contributed by atoms with Gasteiger partial charge in [-0.3, -0.25) is 0 Å². The Kier molecular flexibility index (Phi) is 3.92. The Hall–Kier alpha value is -2.63. The maximum absolute atomic E-state index is 11.7. The fraction of sp³-hybridized carbons (Fsp3) is 0.154. The number of aromatic nitrogens is 2. The molecule has 0 aliphatic heterocycles. The van der Waals surface area contributed by atoms with E-state index >= 15 is 0 Å². The van der Waals surface area contributed by atoms with Crippen molar-refractivity contribution in [2.75, 3.05) is 17.7 Å². The highest BCUT2D eigenvalue weighted by Gasteiger charge is 2.13. The molecule has 1 heterocycles. The summed E-state index contributed by atoms with van der Waals surface area (Å²) in [6.07, 6.45) is 4.66. The van der Waals surface area contributed by atoms with E-state index in [1.165, 1.54) is 6.33 Å². The number of esters is 1. The average molecular weight is 258 g/mol. The zero-order chi connectivity index (χ0) is 13.7. The van der Waals surface area contributed by atoms with Gasteiger partial charge in [-0.1, -0.05) is 6.07 Å². The van der Waals surface area contributed by atoms with Crippen LogP contribution in [0.2, 0.25) is 0 Å². The highest BCUT2D eigenvalue weighted by molar-refractivity contribution is 5.98. The topological polar surface area (TPSA) is 90.1 Å². The van der Waals surface area contributed by atoms with Crippen molar-refractivity contribution in [2.45, 2.75) is 6.92 Å². The van der Waals surface area contributed by atoms with Crippen LogP contribution in [-0.2, 0) is 4.74 Å². The van der Waals surface area contributed by atoms with Crippen molar-refractivity contribution in [3.63, 3.8) is 0 Å². The number of carbonyl (C=O) groups is 1. The maximum atomic E-state index is 11.7. The van der Waals surface area contributed by atoms with E-state index in [2.05, 4.69) is 15.3 Å². The van der Waals surface area contributed by atoms with Gasteiger partial charge in [0.05, 0.1) is 41.6 Å². The van der Waals surface area contributed by atoms with Crippen LogP contribution in [0.3, 0.4) is 0 Å². The molecule has 0 fully saturated rings. The molecule has 6 heteroatoms. The van der Waals surface area contributed by atoms with Gasteiger partial charge in [-0.05, 0) is 19.1 Å². The third-order valence-electron chi connectivity index (χ3n) is 2.44. The fourth-order valence-corrected chi connectivity index (χ4v) is 1.58. The molecule has 0 aliphatic rings. The van der Waals surface area contributed by atoms with Crippen molar-refractivity contribution < 1.29 is 9.53 Å². The second-order valence-corrected chi connectivity index (χ2v) is 3.74. The van der Waals surface area contributed by atoms with Gasteiger partial charge in [0, 0.05) is 0 Å². The van der Waals surface area contributed by atoms with E-state index in [1.54, 1.807) is 37.5 Å². The summed E-state index contributed by atoms with van der Waals surface area (Å²) >= 11 is 0. The minimum Gasteiger partial charge on any atom is -0.462 e. The molecular formula is C13H14N4O2. The zero-order valence-corrected chi connectivity index (χ0v) is 10.5. The van der Waals surface area contributed by atoms with Crippen molar-refractivity contribution in [2.24, 2.45) is 0 Å². The number of nitrogens with two attached hydrogens (primary N) is 1. The van der Waals surface area contributed by atoms with Crippen LogP contribution >= 0.6 is 0 Å². The smallest absolute Gasteiger partial charge is 0.340 e. The number of nitrogen functional groups attached to an aromatic ring is 1. The van der Waals surface area contributed by atoms with Gasteiger partial charge in [0.2, 0.25) is 0 Å². The molecule has 3 N–H and O–H groups in total. The number of nitrogens with one attached hydrogen (secondary N) is 1. The van der Waals surface area contributed by atoms with E-state index in [9.17, 15) is 4.79 Å². The van der Waals surface area contributed by atoms with Crippen LogP contribution in [0.5, 0.6) is 0 Å². The molecule has 0 amide bonds. The molecule has 98 valence electrons. The summed E-state index contributed by atoms with van der Waals surface area (Å²) in [6, 6.07) is 5.12. The number of ether oxygens (including phenoxy) is 1. The molecule has 6 nitrogen and oxygen atoms in total. The Bertz CT molecular complexity index is 572. The molecule has 0 bridgehead atoms. The van der Waals surface area contributed by atoms with Crippen molar-refractivity contribution in [1.29, 1.82) is 0 Å². The molecule has 0 aliphatic carbocycles. The van der Waals surface area contributed by atoms with Crippen molar-refractivity contribution in [3.8, 4) is 0 Å². The number of benzene rings is 1. The minimum absolute atomic E-state index is 0.308. The lowest BCUT2D eigenvalue weighted by Crippen LogP contribution is -2.09. The number of hydrogen-bond donors (Lipinski definition) is 2. The quantitative estimate of drug-likeness (QED) is 0.643. The first-order valence-corrected chi connectivity index (χ1v) is 5.80. The third kappa shape index (κ3) is 2.98. The summed E-state index contributed by atoms with van der Waals surface area (Å²) in [5.41, 5.74) is 7.93. The lowest BCUT2D eigenvalue weighted by Gasteiger charge is -2.11. The van der Waals surface area contributed by atoms with Gasteiger partial charge in [0.1, 0.15) is 6.33 Å². The molecule has 0 saturated carbocycles. The molecule has 19 heavy (non-hydrogen) atoms. The number of hydrogen-bond acceptors (Lipinski definition) is 6. The predicted molar refractivity (Wildman–Crippen MR) is 72.1 cm³/mol. The Morgan fingerprint density at radius 2 is 2.11 bits per heavy atom. The summed E-state index contributed by atoms with van der Waals surface area (Å²) in [4.78, 5) is 19.5. The van der Waals surface area contributed by atoms with Crippen LogP contribution in [0, 0.1) is 0 Å². The van der Waals surface area contributed by atoms with E-state index in [0.29, 0.717) is 29.2 Å². The summed E-state index contributed by atoms with van der Waals surface area (Å²) in [5, 5.41) is 3.05. The Labute approximate surface area is 110 Å². The number of carbonyl (C=O) groups excluding carboxylic acids is 1. The second-order valence-electron chi connectivity index (χ2n) is 3.74. The molecule has 0 radical (unpaired) electrons. The summed E-state index contributed by atoms with van der Waals surface area (Å²) in [6.45, 7) is 2.06. The first-order chi connectivity index (χ1) is 9.22. The first-order valence-electron chi connectivity index (χ1n) is 5.80. The molecule has 0 saturated heterocycles. The van der Waals surface area contributed by atoms with Gasteiger partial charge in [-0.2, -0.15) is 0 Å². The van der Waals surface area contributed by atoms with Crippen LogP contribution in [-0.4, -0.2) is 22.5 Å². The molecule has 1 aromatic carbocycles. The van der Waals surface area contributed by atoms with Crippen LogP contribution in [0.15, 0.2) is 36.9 Å². The van der Waals surface area contributed by atoms with Crippen LogP contribution in [0.25, 0.3) is 0 Å². The standard InChI is InChI=1S/C13H14N4O2/c1-2-19-13(18)10-4-3-5-11(12(10)14)17-9-6-15-8-16-7-9/h3-8,17H,2,14H2,1H3. The van der Waals surface area contributed by atoms with E-state index in [4.69, 9.17) is 10.5 Å². The van der Waals surface area contributed by atoms with Gasteiger partial charge >= 0.3 is 5.97 Å². The zero-order valence-electron chi connectivity index (χ0n) is 10.5. The van der Waals surface area contributed by atoms with Gasteiger partial charge in [0.25, 0.3) is 0 Å². The van der Waals surface area contributed by atoms with E-state index in [0.717, 1.165) is 0 Å². The highest BCUT2D eigenvalue weighted by atomic mass is 16.5. The summed E-state index contributed by atoms with van der Waals surface area (Å²) in [7, 11) is 0. The largest absolute Gasteiger partial charge is 0.462 e. The van der Waals surface area contributed by atoms with Crippen LogP contribution < -0.4 is 11.1 Å². The maximum Gasteiger partial charge on any atom is 0.340 e. The van der Waals surface area contributed by atoms with E-state index in [1.807, 2.05) is 0 Å². The minimum atomic E-state index is -0.437. The normalized spacial score (nSPS) is 9.95. The Balaban J connectivity index is 2.27. The van der Waals surface area contributed by atoms with Crippen molar-refractivity contribution >= 4 is 23.0 Å². The molecule has 1 aromatic heterocycles. The Morgan fingerprint density at radius 1 is 1.37 bits per heavy atom. The molecule has 0 spiro atoms. The Morgan fingerprint density at radius 3 is 2.79 bits per heavy atom. The van der Waals surface area contributed by atoms with Crippen LogP contribution in [0.4, 0.5) is 17.1 Å². The monoisotopic (exact) mass is 258 g/mol. The fourth-order valence-electron chi connectivity index (χ4n) is 1.58. The van der Waals surface area contributed by atoms with Gasteiger partial charge in [-0.15, -0.1) is 0 Å². The van der Waals surface area contributed by atoms with Gasteiger partial charge < -0.3 is 15.8 Å². The number of rotatable bonds is 4. The SMILES string of the molecule is CCOC(=O)c1cccc(Nc2cncnc2)c1N. The van der Waals surface area contributed by atoms with E-state index < -0.39 is 5.97 Å². The number of anilines is 3. The third-order valence-corrected chi connectivity index (χ3v) is 2.44. The van der Waals surface area contributed by atoms with Crippen molar-refractivity contribution in [3.05, 3.63) is 42.5 Å². The van der Waals surface area contributed by atoms with Crippen LogP contribution in [0.1, 0.15) is 17.3 Å². The van der Waals surface area contributed by atoms with Crippen molar-refractivity contribution in [1.82, 2.24) is 9.97 Å². The number of para-hydroxylation sites is 1. The predicted octanol–water partition coefficient (Wildman–Crippen LogP) is 1.98. The summed E-state index contributed by atoms with van der Waals surface area (Å²) < 4.78 is 4.94. The second kappa shape index (κ2) is 5.81. The average Bonchev–Trinajstić information content (AvgIpc) is 2.42. The summed E-state index contributed by atoms with van der Waals surface area (Å²) in [5.74, 6) is -0.437. The number of nitrogens with zero attached hydrogens (tertiary/aromatic N) is 2. The molecule has 2 rings (SSSR count). The molecule has 2 aromatic rings. The lowest BCUT2D eigenvalue weighted by molar-refractivity contribution is 0.0527. The molecule has 0 unspecified atom stereocenters.